The van der Waals surface area contributed by atoms with Crippen molar-refractivity contribution in [3.8, 4) is 0 Å². The highest BCUT2D eigenvalue weighted by Gasteiger charge is 2.14. The number of hydrogen-bond donors (Lipinski definition) is 0. The number of fused-ring (bicyclic) bond motifs is 3. The molecule has 0 saturated carbocycles. The molecule has 3 aromatic rings. The quantitative estimate of drug-likeness (QED) is 0.543. The maximum Gasteiger partial charge on any atom is 0.226 e. The van der Waals surface area contributed by atoms with Crippen LogP contribution in [0.4, 0.5) is 0 Å². The highest BCUT2D eigenvalue weighted by Crippen LogP contribution is 2.29. The lowest BCUT2D eigenvalue weighted by Crippen LogP contribution is -2.26. The van der Waals surface area contributed by atoms with Gasteiger partial charge < -0.3 is 9.94 Å². The molecule has 0 unspecified atom stereocenters. The Hall–Kier alpha value is -1.24. The van der Waals surface area contributed by atoms with Gasteiger partial charge in [0.25, 0.3) is 0 Å². The van der Waals surface area contributed by atoms with E-state index in [2.05, 4.69) is 20.9 Å². The van der Waals surface area contributed by atoms with Crippen molar-refractivity contribution in [2.24, 2.45) is 0 Å². The predicted molar refractivity (Wildman–Crippen MR) is 79.1 cm³/mol. The fourth-order valence-electron chi connectivity index (χ4n) is 1.97. The number of ether oxygens (including phenoxy) is 1. The number of rotatable bonds is 3. The van der Waals surface area contributed by atoms with E-state index in [0.717, 1.165) is 29.8 Å². The first-order valence-electron chi connectivity index (χ1n) is 5.87. The summed E-state index contributed by atoms with van der Waals surface area (Å²) in [6, 6.07) is 5.70. The predicted octanol–water partition coefficient (Wildman–Crippen LogP) is 3.38. The fourth-order valence-corrected chi connectivity index (χ4v) is 3.33. The Morgan fingerprint density at radius 3 is 3.11 bits per heavy atom. The first kappa shape index (κ1) is 12.8. The number of benzene rings is 1. The first-order valence-corrected chi connectivity index (χ1v) is 7.48. The van der Waals surface area contributed by atoms with Gasteiger partial charge in [0.2, 0.25) is 11.7 Å². The summed E-state index contributed by atoms with van der Waals surface area (Å²) < 4.78 is 8.16. The lowest BCUT2D eigenvalue weighted by atomic mass is 10.2. The first-order chi connectivity index (χ1) is 9.19. The smallest absolute Gasteiger partial charge is 0.226 e. The van der Waals surface area contributed by atoms with Crippen molar-refractivity contribution < 1.29 is 9.47 Å². The van der Waals surface area contributed by atoms with Crippen molar-refractivity contribution in [2.75, 3.05) is 6.61 Å². The van der Waals surface area contributed by atoms with E-state index in [-0.39, 0.29) is 0 Å². The zero-order valence-electron chi connectivity index (χ0n) is 10.2. The Bertz CT molecular complexity index is 757. The van der Waals surface area contributed by atoms with Crippen LogP contribution in [0.2, 0.25) is 0 Å². The number of aromatic nitrogens is 2. The van der Waals surface area contributed by atoms with Gasteiger partial charge >= 0.3 is 0 Å². The van der Waals surface area contributed by atoms with Gasteiger partial charge in [0.15, 0.2) is 0 Å². The molecule has 0 spiro atoms. The van der Waals surface area contributed by atoms with E-state index in [1.807, 2.05) is 25.1 Å². The molecule has 0 bridgehead atoms. The van der Waals surface area contributed by atoms with Crippen LogP contribution in [0.3, 0.4) is 0 Å². The summed E-state index contributed by atoms with van der Waals surface area (Å²) in [6.45, 7) is 3.10. The second-order valence-electron chi connectivity index (χ2n) is 4.08. The molecule has 0 aliphatic rings. The molecule has 1 aromatic carbocycles. The molecule has 0 N–H and O–H groups in total. The molecule has 2 aromatic heterocycles. The second kappa shape index (κ2) is 5.03. The van der Waals surface area contributed by atoms with Crippen LogP contribution in [0, 0.1) is 5.21 Å². The Balaban J connectivity index is 2.24. The minimum atomic E-state index is 0.493. The maximum atomic E-state index is 12.0. The number of thiazole rings is 1. The van der Waals surface area contributed by atoms with E-state index in [9.17, 15) is 5.21 Å². The van der Waals surface area contributed by atoms with E-state index in [1.54, 1.807) is 11.3 Å². The van der Waals surface area contributed by atoms with E-state index in [4.69, 9.17) is 4.74 Å². The van der Waals surface area contributed by atoms with Gasteiger partial charge in [0, 0.05) is 17.1 Å². The van der Waals surface area contributed by atoms with Crippen LogP contribution in [0.5, 0.6) is 0 Å². The third-order valence-corrected chi connectivity index (χ3v) is 4.38. The standard InChI is InChI=1S/C13H11BrN2O2S/c1-2-18-7-12-15-10-6-16(17)11-5-8(14)3-4-9(11)13(10)19-12/h3-6H,2,7H2,1H3. The second-order valence-corrected chi connectivity index (χ2v) is 6.07. The average Bonchev–Trinajstić information content (AvgIpc) is 2.79. The third-order valence-electron chi connectivity index (χ3n) is 2.81. The molecule has 0 aliphatic heterocycles. The molecule has 98 valence electrons. The zero-order valence-corrected chi connectivity index (χ0v) is 12.6. The lowest BCUT2D eigenvalue weighted by molar-refractivity contribution is -0.575. The molecule has 0 atom stereocenters. The van der Waals surface area contributed by atoms with Gasteiger partial charge in [-0.1, -0.05) is 15.9 Å². The Morgan fingerprint density at radius 2 is 2.32 bits per heavy atom. The van der Waals surface area contributed by atoms with Crippen LogP contribution in [-0.2, 0) is 11.3 Å². The van der Waals surface area contributed by atoms with E-state index >= 15 is 0 Å². The van der Waals surface area contributed by atoms with Crippen molar-refractivity contribution in [3.05, 3.63) is 39.1 Å². The van der Waals surface area contributed by atoms with Crippen molar-refractivity contribution in [3.63, 3.8) is 0 Å². The molecular formula is C13H11BrN2O2S. The monoisotopic (exact) mass is 338 g/mol. The molecule has 2 heterocycles. The summed E-state index contributed by atoms with van der Waals surface area (Å²) in [5.41, 5.74) is 1.37. The van der Waals surface area contributed by atoms with Gasteiger partial charge in [0.05, 0.1) is 16.7 Å². The molecule has 3 rings (SSSR count). The highest BCUT2D eigenvalue weighted by molar-refractivity contribution is 9.10. The third kappa shape index (κ3) is 2.31. The molecular weight excluding hydrogens is 328 g/mol. The number of hydrogen-bond acceptors (Lipinski definition) is 4. The minimum absolute atomic E-state index is 0.493. The van der Waals surface area contributed by atoms with Gasteiger partial charge in [-0.05, 0) is 19.1 Å². The van der Waals surface area contributed by atoms with Crippen LogP contribution < -0.4 is 4.73 Å². The molecule has 4 nitrogen and oxygen atoms in total. The summed E-state index contributed by atoms with van der Waals surface area (Å²) in [7, 11) is 0. The SMILES string of the molecule is CCOCc1nc2c[n+]([O-])c3cc(Br)ccc3c2s1. The fraction of sp³-hybridized carbons (Fsp3) is 0.231. The molecule has 0 radical (unpaired) electrons. The summed E-state index contributed by atoms with van der Waals surface area (Å²) in [4.78, 5) is 4.44. The van der Waals surface area contributed by atoms with Gasteiger partial charge in [-0.2, -0.15) is 4.73 Å². The van der Waals surface area contributed by atoms with E-state index in [1.165, 1.54) is 6.20 Å². The zero-order chi connectivity index (χ0) is 13.4. The van der Waals surface area contributed by atoms with E-state index < -0.39 is 0 Å². The summed E-state index contributed by atoms with van der Waals surface area (Å²) in [5, 5.41) is 13.8. The minimum Gasteiger partial charge on any atom is -0.618 e. The average molecular weight is 339 g/mol. The summed E-state index contributed by atoms with van der Waals surface area (Å²) in [5.74, 6) is 0. The largest absolute Gasteiger partial charge is 0.618 e. The normalized spacial score (nSPS) is 11.5. The van der Waals surface area contributed by atoms with Crippen LogP contribution in [-0.4, -0.2) is 11.6 Å². The molecule has 0 saturated heterocycles. The van der Waals surface area contributed by atoms with Crippen molar-refractivity contribution >= 4 is 48.4 Å². The molecule has 0 fully saturated rings. The number of pyridine rings is 1. The van der Waals surface area contributed by atoms with Crippen LogP contribution in [0.25, 0.3) is 21.1 Å². The topological polar surface area (TPSA) is 49.1 Å². The van der Waals surface area contributed by atoms with Gasteiger partial charge in [-0.25, -0.2) is 4.98 Å². The summed E-state index contributed by atoms with van der Waals surface area (Å²) >= 11 is 4.96. The molecule has 6 heteroatoms. The molecule has 0 aliphatic carbocycles. The Labute approximate surface area is 122 Å². The number of nitrogens with zero attached hydrogens (tertiary/aromatic N) is 2. The lowest BCUT2D eigenvalue weighted by Gasteiger charge is -2.02. The Morgan fingerprint density at radius 1 is 1.47 bits per heavy atom. The number of halogens is 1. The van der Waals surface area contributed by atoms with Crippen LogP contribution in [0.1, 0.15) is 11.9 Å². The van der Waals surface area contributed by atoms with Gasteiger partial charge in [-0.15, -0.1) is 11.3 Å². The van der Waals surface area contributed by atoms with Gasteiger partial charge in [-0.3, -0.25) is 0 Å². The maximum absolute atomic E-state index is 12.0. The molecule has 19 heavy (non-hydrogen) atoms. The highest BCUT2D eigenvalue weighted by atomic mass is 79.9. The van der Waals surface area contributed by atoms with Gasteiger partial charge in [0.1, 0.15) is 10.5 Å². The van der Waals surface area contributed by atoms with Crippen molar-refractivity contribution in [1.82, 2.24) is 4.98 Å². The molecule has 0 amide bonds. The van der Waals surface area contributed by atoms with Crippen molar-refractivity contribution in [2.45, 2.75) is 13.5 Å². The summed E-state index contributed by atoms with van der Waals surface area (Å²) in [6.07, 6.45) is 1.52. The Kier molecular flexibility index (Phi) is 3.38. The van der Waals surface area contributed by atoms with E-state index in [0.29, 0.717) is 18.7 Å². The van der Waals surface area contributed by atoms with Crippen LogP contribution in [0.15, 0.2) is 28.9 Å². The van der Waals surface area contributed by atoms with Crippen molar-refractivity contribution in [1.29, 1.82) is 0 Å². The van der Waals surface area contributed by atoms with Crippen LogP contribution >= 0.6 is 27.3 Å².